The highest BCUT2D eigenvalue weighted by molar-refractivity contribution is 9.10. The fourth-order valence-electron chi connectivity index (χ4n) is 8.48. The van der Waals surface area contributed by atoms with Gasteiger partial charge in [-0.3, -0.25) is 9.59 Å². The SMILES string of the molecule is CNCc1cc(C#N)on1.C[C@@H](Oc1cc(Br)cnc1N)c1cc(F)ccc1C(=O)O.C[C@H]1Oc2cc(cnc2N)-c2c(noc2C#N)CN(C)C(=O)c2ccc(F)cc21.[C-]#[N+]c1cc(CN(C)C(=O)c2ccc(F)cc2[C@@H](C)Oc2nc(Br)cnc2N)no1. The zero-order chi connectivity index (χ0) is 65.5. The van der Waals surface area contributed by atoms with Crippen LogP contribution in [0.4, 0.5) is 36.5 Å². The van der Waals surface area contributed by atoms with E-state index in [0.29, 0.717) is 49.3 Å². The lowest BCUT2D eigenvalue weighted by molar-refractivity contribution is 0.0690. The molecule has 7 heterocycles. The topological polar surface area (TPSA) is 377 Å². The molecule has 1 aliphatic heterocycles. The summed E-state index contributed by atoms with van der Waals surface area (Å²) < 4.78 is 74.2. The average Bonchev–Trinajstić information content (AvgIpc) is 1.55. The third-order valence-corrected chi connectivity index (χ3v) is 13.5. The first-order valence-electron chi connectivity index (χ1n) is 26.2. The second-order valence-electron chi connectivity index (χ2n) is 19.2. The van der Waals surface area contributed by atoms with Crippen molar-refractivity contribution in [3.8, 4) is 40.6 Å². The van der Waals surface area contributed by atoms with Crippen molar-refractivity contribution in [3.63, 3.8) is 0 Å². The molecule has 26 nitrogen and oxygen atoms in total. The number of carbonyl (C=O) groups excluding carboxylic acids is 2. The number of rotatable bonds is 12. The van der Waals surface area contributed by atoms with Gasteiger partial charge in [0, 0.05) is 83.0 Å². The number of nitrogen functional groups attached to an aromatic ring is 3. The molecule has 31 heteroatoms. The van der Waals surface area contributed by atoms with E-state index in [-0.39, 0.29) is 99.4 Å². The van der Waals surface area contributed by atoms with Crippen LogP contribution in [-0.4, -0.2) is 89.2 Å². The van der Waals surface area contributed by atoms with Gasteiger partial charge in [-0.1, -0.05) is 15.5 Å². The Morgan fingerprint density at radius 1 is 0.844 bits per heavy atom. The van der Waals surface area contributed by atoms with Crippen LogP contribution in [-0.2, 0) is 19.6 Å². The Labute approximate surface area is 527 Å². The number of fused-ring (bicyclic) bond motifs is 5. The molecule has 3 atom stereocenters. The van der Waals surface area contributed by atoms with Gasteiger partial charge in [-0.05, 0) is 126 Å². The summed E-state index contributed by atoms with van der Waals surface area (Å²) in [5, 5.41) is 41.1. The molecule has 8 N–H and O–H groups in total. The van der Waals surface area contributed by atoms with Crippen LogP contribution in [0.5, 0.6) is 17.4 Å². The van der Waals surface area contributed by atoms with Crippen LogP contribution >= 0.6 is 31.9 Å². The number of nitriles is 2. The number of ether oxygens (including phenoxy) is 3. The van der Waals surface area contributed by atoms with Crippen molar-refractivity contribution in [1.29, 1.82) is 10.5 Å². The molecular formula is C59H51Br2F3N16O10. The van der Waals surface area contributed by atoms with Gasteiger partial charge in [-0.15, -0.1) is 0 Å². The van der Waals surface area contributed by atoms with Gasteiger partial charge in [-0.25, -0.2) is 37.9 Å². The molecule has 0 aliphatic carbocycles. The van der Waals surface area contributed by atoms with E-state index in [0.717, 1.165) is 17.8 Å². The minimum absolute atomic E-state index is 0.00838. The fourth-order valence-corrected chi connectivity index (χ4v) is 9.05. The van der Waals surface area contributed by atoms with E-state index < -0.39 is 41.7 Å². The smallest absolute Gasteiger partial charge is 0.367 e. The summed E-state index contributed by atoms with van der Waals surface area (Å²) in [6.45, 7) is 12.7. The van der Waals surface area contributed by atoms with Crippen molar-refractivity contribution in [2.45, 2.75) is 58.7 Å². The van der Waals surface area contributed by atoms with Gasteiger partial charge in [0.25, 0.3) is 17.7 Å². The van der Waals surface area contributed by atoms with Gasteiger partial charge < -0.3 is 65.2 Å². The third-order valence-electron chi connectivity index (χ3n) is 12.7. The van der Waals surface area contributed by atoms with Crippen LogP contribution in [0.2, 0.25) is 0 Å². The van der Waals surface area contributed by atoms with Crippen molar-refractivity contribution in [2.24, 2.45) is 0 Å². The molecule has 2 bridgehead atoms. The van der Waals surface area contributed by atoms with E-state index in [1.54, 1.807) is 60.1 Å². The molecule has 1 aliphatic rings. The minimum atomic E-state index is -1.15. The second kappa shape index (κ2) is 30.1. The highest BCUT2D eigenvalue weighted by Crippen LogP contribution is 2.37. The van der Waals surface area contributed by atoms with Gasteiger partial charge in [0.15, 0.2) is 29.0 Å². The van der Waals surface area contributed by atoms with Gasteiger partial charge in [0.1, 0.15) is 58.2 Å². The number of carboxylic acid groups (broad SMARTS) is 1. The third kappa shape index (κ3) is 16.8. The number of nitrogens with two attached hydrogens (primary N) is 3. The van der Waals surface area contributed by atoms with Crippen molar-refractivity contribution in [3.05, 3.63) is 197 Å². The van der Waals surface area contributed by atoms with Crippen molar-refractivity contribution < 1.29 is 60.4 Å². The Kier molecular flexibility index (Phi) is 22.3. The standard InChI is InChI=1S/C20H16FN5O3.C19H16BrFN6O3.C14H12BrFN2O3.C6H7N3O/c1-10-14-6-12(21)3-4-13(14)20(27)26(2)9-15-18(17(7-22)29-25-15)11-5-16(28-10)19(23)24-8-11;1-10(29-18-17(22)24-8-15(20)25-18)14-6-11(21)4-5-13(14)19(28)27(3)9-12-7-16(23-2)30-26-12;1-7(21-12-4-8(15)6-18-13(12)17)11-5-9(16)2-3-10(11)14(19)20;1-8-4-5-2-6(3-7)10-9-5/h3-6,8,10H,9H2,1-2H3,(H2,23,24);4-8,10H,9H2,1,3H3,(H2,22,24);2-7H,1H3,(H2,17,18)(H,19,20);2,8H,4H2,1H3/t2*10-;7-;/m111./s1. The first-order valence-corrected chi connectivity index (χ1v) is 27.8. The summed E-state index contributed by atoms with van der Waals surface area (Å²) >= 11 is 6.43. The quantitative estimate of drug-likeness (QED) is 0.0709. The summed E-state index contributed by atoms with van der Waals surface area (Å²) in [6, 6.07) is 21.2. The molecule has 6 aromatic heterocycles. The average molecular weight is 1360 g/mol. The summed E-state index contributed by atoms with van der Waals surface area (Å²) in [5.74, 6) is -2.22. The molecule has 10 rings (SSSR count). The van der Waals surface area contributed by atoms with E-state index in [2.05, 4.69) is 82.0 Å². The Hall–Kier alpha value is -10.9. The normalized spacial score (nSPS) is 12.8. The Morgan fingerprint density at radius 2 is 1.49 bits per heavy atom. The molecule has 0 saturated carbocycles. The van der Waals surface area contributed by atoms with Crippen molar-refractivity contribution >= 4 is 73.0 Å². The number of anilines is 3. The van der Waals surface area contributed by atoms with Crippen LogP contribution in [0.15, 0.2) is 120 Å². The number of carboxylic acids is 1. The lowest BCUT2D eigenvalue weighted by atomic mass is 10.0. The zero-order valence-electron chi connectivity index (χ0n) is 48.2. The van der Waals surface area contributed by atoms with E-state index in [9.17, 15) is 32.8 Å². The molecule has 0 radical (unpaired) electrons. The summed E-state index contributed by atoms with van der Waals surface area (Å²) in [4.78, 5) is 59.3. The van der Waals surface area contributed by atoms with Gasteiger partial charge in [0.2, 0.25) is 11.5 Å². The van der Waals surface area contributed by atoms with E-state index in [4.69, 9.17) is 57.4 Å². The zero-order valence-corrected chi connectivity index (χ0v) is 51.4. The first kappa shape index (κ1) is 66.6. The van der Waals surface area contributed by atoms with Gasteiger partial charge in [-0.2, -0.15) is 15.4 Å². The number of nitrogens with one attached hydrogen (secondary N) is 1. The fraction of sp³-hybridized carbons (Fsp3) is 0.203. The van der Waals surface area contributed by atoms with E-state index in [1.807, 2.05) is 12.1 Å². The second-order valence-corrected chi connectivity index (χ2v) is 20.9. The molecule has 0 unspecified atom stereocenters. The number of aromatic nitrogens is 7. The van der Waals surface area contributed by atoms with Gasteiger partial charge in [0.05, 0.1) is 48.4 Å². The molecule has 90 heavy (non-hydrogen) atoms. The predicted molar refractivity (Wildman–Crippen MR) is 321 cm³/mol. The number of nitrogens with zero attached hydrogens (tertiary/aromatic N) is 12. The highest BCUT2D eigenvalue weighted by atomic mass is 79.9. The molecular weight excluding hydrogens is 1310 g/mol. The number of halogens is 5. The van der Waals surface area contributed by atoms with Crippen LogP contribution in [0.1, 0.15) is 115 Å². The monoisotopic (exact) mass is 1360 g/mol. The highest BCUT2D eigenvalue weighted by Gasteiger charge is 2.28. The molecule has 0 fully saturated rings. The van der Waals surface area contributed by atoms with E-state index >= 15 is 0 Å². The maximum absolute atomic E-state index is 14.0. The summed E-state index contributed by atoms with van der Waals surface area (Å²) in [5.41, 5.74) is 21.3. The minimum Gasteiger partial charge on any atom is -0.482 e. The Balaban J connectivity index is 0.000000180. The van der Waals surface area contributed by atoms with Crippen molar-refractivity contribution in [1.82, 2.24) is 50.5 Å². The summed E-state index contributed by atoms with van der Waals surface area (Å²) in [6.07, 6.45) is 2.27. The van der Waals surface area contributed by atoms with E-state index in [1.165, 1.54) is 76.9 Å². The molecule has 3 aromatic carbocycles. The Morgan fingerprint density at radius 3 is 2.14 bits per heavy atom. The Bertz CT molecular complexity index is 4240. The molecule has 2 amide bonds. The molecule has 9 aromatic rings. The number of amides is 2. The van der Waals surface area contributed by atoms with Gasteiger partial charge >= 0.3 is 11.9 Å². The number of hydrogen-bond donors (Lipinski definition) is 5. The predicted octanol–water partition coefficient (Wildman–Crippen LogP) is 10.6. The van der Waals surface area contributed by atoms with Crippen LogP contribution in [0, 0.1) is 46.7 Å². The lowest BCUT2D eigenvalue weighted by Crippen LogP contribution is -2.28. The van der Waals surface area contributed by atoms with Crippen LogP contribution in [0.3, 0.4) is 0 Å². The maximum Gasteiger partial charge on any atom is 0.367 e. The molecule has 462 valence electrons. The molecule has 0 saturated heterocycles. The number of aromatic carboxylic acids is 1. The first-order chi connectivity index (χ1) is 42.9. The van der Waals surface area contributed by atoms with Crippen LogP contribution in [0.25, 0.3) is 16.0 Å². The number of carbonyl (C=O) groups is 3. The summed E-state index contributed by atoms with van der Waals surface area (Å²) in [7, 11) is 4.95. The molecule has 0 spiro atoms. The number of hydrogen-bond acceptors (Lipinski definition) is 22. The lowest BCUT2D eigenvalue weighted by Gasteiger charge is -2.23. The number of benzene rings is 3. The van der Waals surface area contributed by atoms with Crippen molar-refractivity contribution in [2.75, 3.05) is 38.3 Å². The van der Waals surface area contributed by atoms with Crippen LogP contribution < -0.4 is 36.7 Å². The largest absolute Gasteiger partial charge is 0.482 e. The maximum atomic E-state index is 14.0. The number of pyridine rings is 2.